The molecule has 17 heavy (non-hydrogen) atoms. The Morgan fingerprint density at radius 2 is 2.18 bits per heavy atom. The number of benzene rings is 1. The van der Waals surface area contributed by atoms with Crippen LogP contribution in [-0.2, 0) is 9.53 Å². The summed E-state index contributed by atoms with van der Waals surface area (Å²) in [6.07, 6.45) is 1.24. The molecule has 0 aliphatic heterocycles. The van der Waals surface area contributed by atoms with E-state index in [1.54, 1.807) is 24.3 Å². The number of methoxy groups -OCH3 is 1. The van der Waals surface area contributed by atoms with Gasteiger partial charge in [-0.25, -0.2) is 4.79 Å². The molecule has 0 unspecified atom stereocenters. The van der Waals surface area contributed by atoms with Crippen molar-refractivity contribution in [3.8, 4) is 6.07 Å². The molecule has 0 radical (unpaired) electrons. The van der Waals surface area contributed by atoms with Gasteiger partial charge in [-0.15, -0.1) is 0 Å². The van der Waals surface area contributed by atoms with Crippen molar-refractivity contribution in [3.05, 3.63) is 40.0 Å². The third-order valence-corrected chi connectivity index (χ3v) is 2.57. The molecule has 1 N–H and O–H groups in total. The first-order valence-electron chi connectivity index (χ1n) is 4.48. The van der Waals surface area contributed by atoms with Crippen molar-refractivity contribution in [2.75, 3.05) is 12.4 Å². The summed E-state index contributed by atoms with van der Waals surface area (Å²) in [6.45, 7) is 0. The standard InChI is InChI=1S/C11H8Cl2N2O2/c1-17-11(16)7(5-14)6-15-8-2-3-9(12)10(13)4-8/h2-4,6,15H,1H3/b7-6+. The van der Waals surface area contributed by atoms with Crippen LogP contribution in [0.25, 0.3) is 0 Å². The lowest BCUT2D eigenvalue weighted by Crippen LogP contribution is -2.05. The maximum Gasteiger partial charge on any atom is 0.350 e. The number of ether oxygens (including phenoxy) is 1. The lowest BCUT2D eigenvalue weighted by molar-refractivity contribution is -0.135. The zero-order chi connectivity index (χ0) is 12.8. The third kappa shape index (κ3) is 3.66. The molecule has 1 rings (SSSR count). The van der Waals surface area contributed by atoms with Gasteiger partial charge >= 0.3 is 5.97 Å². The summed E-state index contributed by atoms with van der Waals surface area (Å²) in [5.41, 5.74) is 0.467. The summed E-state index contributed by atoms with van der Waals surface area (Å²) in [5.74, 6) is -0.708. The van der Waals surface area contributed by atoms with Crippen molar-refractivity contribution in [1.82, 2.24) is 0 Å². The minimum absolute atomic E-state index is 0.140. The molecule has 1 aromatic rings. The van der Waals surface area contributed by atoms with E-state index in [9.17, 15) is 4.79 Å². The molecule has 0 atom stereocenters. The zero-order valence-electron chi connectivity index (χ0n) is 8.83. The second kappa shape index (κ2) is 6.14. The number of carbonyl (C=O) groups excluding carboxylic acids is 1. The van der Waals surface area contributed by atoms with Crippen molar-refractivity contribution in [3.63, 3.8) is 0 Å². The Bertz CT molecular complexity index is 507. The van der Waals surface area contributed by atoms with Crippen LogP contribution in [-0.4, -0.2) is 13.1 Å². The predicted octanol–water partition coefficient (Wildman–Crippen LogP) is 2.99. The largest absolute Gasteiger partial charge is 0.465 e. The Morgan fingerprint density at radius 3 is 2.71 bits per heavy atom. The molecule has 6 heteroatoms. The second-order valence-electron chi connectivity index (χ2n) is 2.93. The fraction of sp³-hybridized carbons (Fsp3) is 0.0909. The summed E-state index contributed by atoms with van der Waals surface area (Å²) >= 11 is 11.5. The Morgan fingerprint density at radius 1 is 1.47 bits per heavy atom. The monoisotopic (exact) mass is 270 g/mol. The molecule has 0 saturated heterocycles. The Kier molecular flexibility index (Phi) is 4.83. The number of nitrogens with one attached hydrogen (secondary N) is 1. The molecular formula is C11H8Cl2N2O2. The van der Waals surface area contributed by atoms with Crippen LogP contribution in [0.4, 0.5) is 5.69 Å². The summed E-state index contributed by atoms with van der Waals surface area (Å²) in [5, 5.41) is 12.3. The summed E-state index contributed by atoms with van der Waals surface area (Å²) in [6, 6.07) is 6.56. The first-order chi connectivity index (χ1) is 8.08. The third-order valence-electron chi connectivity index (χ3n) is 1.83. The molecule has 0 heterocycles. The van der Waals surface area contributed by atoms with Crippen LogP contribution in [0.5, 0.6) is 0 Å². The predicted molar refractivity (Wildman–Crippen MR) is 65.8 cm³/mol. The van der Waals surface area contributed by atoms with E-state index in [1.165, 1.54) is 13.3 Å². The highest BCUT2D eigenvalue weighted by molar-refractivity contribution is 6.42. The van der Waals surface area contributed by atoms with Crippen LogP contribution >= 0.6 is 23.2 Å². The fourth-order valence-electron chi connectivity index (χ4n) is 0.988. The van der Waals surface area contributed by atoms with Gasteiger partial charge in [-0.1, -0.05) is 23.2 Å². The van der Waals surface area contributed by atoms with E-state index in [0.717, 1.165) is 0 Å². The zero-order valence-corrected chi connectivity index (χ0v) is 10.3. The highest BCUT2D eigenvalue weighted by atomic mass is 35.5. The quantitative estimate of drug-likeness (QED) is 0.521. The maximum atomic E-state index is 11.1. The summed E-state index contributed by atoms with van der Waals surface area (Å²) in [7, 11) is 1.20. The van der Waals surface area contributed by atoms with E-state index in [2.05, 4.69) is 10.1 Å². The Labute approximate surface area is 108 Å². The van der Waals surface area contributed by atoms with Crippen molar-refractivity contribution < 1.29 is 9.53 Å². The molecular weight excluding hydrogens is 263 g/mol. The van der Waals surface area contributed by atoms with Crippen molar-refractivity contribution in [2.45, 2.75) is 0 Å². The van der Waals surface area contributed by atoms with Crippen LogP contribution in [0.15, 0.2) is 30.0 Å². The number of anilines is 1. The van der Waals surface area contributed by atoms with Gasteiger partial charge in [0.15, 0.2) is 5.57 Å². The molecule has 88 valence electrons. The number of halogens is 2. The number of hydrogen-bond donors (Lipinski definition) is 1. The van der Waals surface area contributed by atoms with Crippen LogP contribution in [0.2, 0.25) is 10.0 Å². The Balaban J connectivity index is 2.85. The number of rotatable bonds is 3. The first-order valence-corrected chi connectivity index (χ1v) is 5.24. The van der Waals surface area contributed by atoms with E-state index in [4.69, 9.17) is 28.5 Å². The summed E-state index contributed by atoms with van der Waals surface area (Å²) in [4.78, 5) is 11.1. The molecule has 1 aromatic carbocycles. The smallest absolute Gasteiger partial charge is 0.350 e. The van der Waals surface area contributed by atoms with E-state index in [-0.39, 0.29) is 5.57 Å². The van der Waals surface area contributed by atoms with E-state index < -0.39 is 5.97 Å². The molecule has 0 aliphatic rings. The molecule has 0 aliphatic carbocycles. The van der Waals surface area contributed by atoms with Gasteiger partial charge in [0.05, 0.1) is 17.2 Å². The van der Waals surface area contributed by atoms with Gasteiger partial charge in [-0.05, 0) is 18.2 Å². The number of esters is 1. The average Bonchev–Trinajstić information content (AvgIpc) is 2.33. The fourth-order valence-corrected chi connectivity index (χ4v) is 1.29. The van der Waals surface area contributed by atoms with Gasteiger partial charge in [-0.2, -0.15) is 5.26 Å². The average molecular weight is 271 g/mol. The molecule has 0 saturated carbocycles. The highest BCUT2D eigenvalue weighted by Crippen LogP contribution is 2.25. The van der Waals surface area contributed by atoms with E-state index in [1.807, 2.05) is 0 Å². The number of hydrogen-bond acceptors (Lipinski definition) is 4. The minimum atomic E-state index is -0.708. The van der Waals surface area contributed by atoms with Gasteiger partial charge in [-0.3, -0.25) is 0 Å². The van der Waals surface area contributed by atoms with Gasteiger partial charge in [0, 0.05) is 11.9 Å². The summed E-state index contributed by atoms with van der Waals surface area (Å²) < 4.78 is 4.42. The molecule has 0 fully saturated rings. The molecule has 0 amide bonds. The molecule has 0 aromatic heterocycles. The lowest BCUT2D eigenvalue weighted by Gasteiger charge is -2.03. The van der Waals surface area contributed by atoms with Gasteiger partial charge in [0.1, 0.15) is 6.07 Å². The Hall–Kier alpha value is -1.70. The molecule has 0 spiro atoms. The number of nitriles is 1. The molecule has 0 bridgehead atoms. The highest BCUT2D eigenvalue weighted by Gasteiger charge is 2.07. The normalized spacial score (nSPS) is 10.6. The van der Waals surface area contributed by atoms with Crippen molar-refractivity contribution >= 4 is 34.9 Å². The lowest BCUT2D eigenvalue weighted by atomic mass is 10.3. The number of nitrogens with zero attached hydrogens (tertiary/aromatic N) is 1. The minimum Gasteiger partial charge on any atom is -0.465 e. The second-order valence-corrected chi connectivity index (χ2v) is 3.75. The molecule has 4 nitrogen and oxygen atoms in total. The van der Waals surface area contributed by atoms with Gasteiger partial charge in [0.25, 0.3) is 0 Å². The van der Waals surface area contributed by atoms with E-state index in [0.29, 0.717) is 15.7 Å². The maximum absolute atomic E-state index is 11.1. The topological polar surface area (TPSA) is 62.1 Å². The van der Waals surface area contributed by atoms with Gasteiger partial charge < -0.3 is 10.1 Å². The first kappa shape index (κ1) is 13.4. The van der Waals surface area contributed by atoms with Crippen molar-refractivity contribution in [2.24, 2.45) is 0 Å². The van der Waals surface area contributed by atoms with Crippen LogP contribution in [0.3, 0.4) is 0 Å². The van der Waals surface area contributed by atoms with Crippen molar-refractivity contribution in [1.29, 1.82) is 5.26 Å². The van der Waals surface area contributed by atoms with Crippen LogP contribution in [0.1, 0.15) is 0 Å². The van der Waals surface area contributed by atoms with Crippen LogP contribution in [0, 0.1) is 11.3 Å². The SMILES string of the molecule is COC(=O)/C(C#N)=C/Nc1ccc(Cl)c(Cl)c1. The van der Waals surface area contributed by atoms with Gasteiger partial charge in [0.2, 0.25) is 0 Å². The van der Waals surface area contributed by atoms with E-state index >= 15 is 0 Å². The van der Waals surface area contributed by atoms with Crippen LogP contribution < -0.4 is 5.32 Å². The number of carbonyl (C=O) groups is 1.